The zero-order valence-electron chi connectivity index (χ0n) is 11.1. The molecular weight excluding hydrogens is 272 g/mol. The van der Waals surface area contributed by atoms with Gasteiger partial charge in [-0.3, -0.25) is 4.79 Å². The highest BCUT2D eigenvalue weighted by molar-refractivity contribution is 7.98. The molecule has 0 bridgehead atoms. The monoisotopic (exact) mass is 290 g/mol. The summed E-state index contributed by atoms with van der Waals surface area (Å²) in [7, 11) is 0. The summed E-state index contributed by atoms with van der Waals surface area (Å²) in [6.45, 7) is 0. The number of benzene rings is 1. The normalized spacial score (nSPS) is 10.6. The molecule has 0 saturated carbocycles. The highest BCUT2D eigenvalue weighted by Crippen LogP contribution is 2.16. The quantitative estimate of drug-likeness (QED) is 0.693. The van der Waals surface area contributed by atoms with Gasteiger partial charge in [0.15, 0.2) is 0 Å². The Morgan fingerprint density at radius 1 is 1.21 bits per heavy atom. The van der Waals surface area contributed by atoms with Gasteiger partial charge in [0.25, 0.3) is 0 Å². The van der Waals surface area contributed by atoms with E-state index in [-0.39, 0.29) is 0 Å². The Hall–Kier alpha value is -1.06. The molecule has 0 atom stereocenters. The fraction of sp³-hybridized carbons (Fsp3) is 0.312. The molecule has 0 spiro atoms. The van der Waals surface area contributed by atoms with Crippen LogP contribution in [0.25, 0.3) is 0 Å². The van der Waals surface area contributed by atoms with Crippen LogP contribution in [0.4, 0.5) is 0 Å². The standard InChI is InChI=1S/C16H18OS2/c1-18-15-9-7-13(8-10-15)12-14(17)4-2-5-16-6-3-11-19-16/h3,6-11H,2,4-5,12H2,1H3. The predicted octanol–water partition coefficient (Wildman–Crippen LogP) is 4.60. The molecule has 0 fully saturated rings. The van der Waals surface area contributed by atoms with Gasteiger partial charge < -0.3 is 0 Å². The van der Waals surface area contributed by atoms with Gasteiger partial charge in [0.1, 0.15) is 5.78 Å². The number of thioether (sulfide) groups is 1. The summed E-state index contributed by atoms with van der Waals surface area (Å²) in [5.41, 5.74) is 1.12. The van der Waals surface area contributed by atoms with Crippen molar-refractivity contribution in [2.45, 2.75) is 30.6 Å². The molecule has 2 aromatic rings. The predicted molar refractivity (Wildman–Crippen MR) is 84.2 cm³/mol. The Labute approximate surface area is 123 Å². The lowest BCUT2D eigenvalue weighted by atomic mass is 10.0. The summed E-state index contributed by atoms with van der Waals surface area (Å²) in [5.74, 6) is 0.341. The molecule has 2 rings (SSSR count). The zero-order chi connectivity index (χ0) is 13.5. The largest absolute Gasteiger partial charge is 0.299 e. The Bertz CT molecular complexity index is 500. The van der Waals surface area contributed by atoms with Crippen LogP contribution in [0.2, 0.25) is 0 Å². The average molecular weight is 290 g/mol. The molecule has 1 aromatic carbocycles. The van der Waals surface area contributed by atoms with E-state index in [1.54, 1.807) is 23.1 Å². The summed E-state index contributed by atoms with van der Waals surface area (Å²) >= 11 is 3.49. The highest BCUT2D eigenvalue weighted by Gasteiger charge is 2.04. The summed E-state index contributed by atoms with van der Waals surface area (Å²) < 4.78 is 0. The molecule has 0 saturated heterocycles. The van der Waals surface area contributed by atoms with Crippen molar-refractivity contribution in [3.63, 3.8) is 0 Å². The molecule has 1 heterocycles. The van der Waals surface area contributed by atoms with E-state index in [9.17, 15) is 4.79 Å². The lowest BCUT2D eigenvalue weighted by Crippen LogP contribution is -2.03. The maximum absolute atomic E-state index is 11.9. The van der Waals surface area contributed by atoms with Crippen molar-refractivity contribution in [3.05, 3.63) is 52.2 Å². The number of hydrogen-bond acceptors (Lipinski definition) is 3. The van der Waals surface area contributed by atoms with E-state index in [1.807, 2.05) is 0 Å². The molecule has 1 nitrogen and oxygen atoms in total. The molecule has 0 amide bonds. The van der Waals surface area contributed by atoms with E-state index in [2.05, 4.69) is 48.0 Å². The molecule has 0 unspecified atom stereocenters. The Kier molecular flexibility index (Phi) is 5.67. The molecule has 1 aromatic heterocycles. The van der Waals surface area contributed by atoms with Crippen LogP contribution in [0.5, 0.6) is 0 Å². The van der Waals surface area contributed by atoms with Crippen LogP contribution in [-0.2, 0) is 17.6 Å². The minimum atomic E-state index is 0.341. The molecule has 0 aliphatic carbocycles. The van der Waals surface area contributed by atoms with Crippen LogP contribution in [-0.4, -0.2) is 12.0 Å². The van der Waals surface area contributed by atoms with Crippen LogP contribution >= 0.6 is 23.1 Å². The van der Waals surface area contributed by atoms with Crippen LogP contribution in [0.15, 0.2) is 46.7 Å². The van der Waals surface area contributed by atoms with E-state index < -0.39 is 0 Å². The van der Waals surface area contributed by atoms with Crippen LogP contribution < -0.4 is 0 Å². The number of aryl methyl sites for hydroxylation is 1. The molecule has 0 radical (unpaired) electrons. The van der Waals surface area contributed by atoms with Gasteiger partial charge >= 0.3 is 0 Å². The summed E-state index contributed by atoms with van der Waals surface area (Å²) in [5, 5.41) is 2.09. The second-order valence-corrected chi connectivity index (χ2v) is 6.41. The SMILES string of the molecule is CSc1ccc(CC(=O)CCCc2cccs2)cc1. The van der Waals surface area contributed by atoms with Crippen LogP contribution in [0.3, 0.4) is 0 Å². The fourth-order valence-corrected chi connectivity index (χ4v) is 3.13. The van der Waals surface area contributed by atoms with Gasteiger partial charge in [-0.1, -0.05) is 18.2 Å². The number of Topliss-reactive ketones (excluding diaryl/α,β-unsaturated/α-hetero) is 1. The Balaban J connectivity index is 1.74. The first-order valence-corrected chi connectivity index (χ1v) is 8.55. The third kappa shape index (κ3) is 4.84. The topological polar surface area (TPSA) is 17.1 Å². The van der Waals surface area contributed by atoms with E-state index in [0.717, 1.165) is 18.4 Å². The van der Waals surface area contributed by atoms with E-state index in [1.165, 1.54) is 9.77 Å². The molecular formula is C16H18OS2. The minimum Gasteiger partial charge on any atom is -0.299 e. The number of ketones is 1. The first kappa shape index (κ1) is 14.4. The van der Waals surface area contributed by atoms with Crippen LogP contribution in [0.1, 0.15) is 23.3 Å². The third-order valence-corrected chi connectivity index (χ3v) is 4.70. The van der Waals surface area contributed by atoms with E-state index in [4.69, 9.17) is 0 Å². The second kappa shape index (κ2) is 7.51. The Morgan fingerprint density at radius 2 is 2.00 bits per heavy atom. The average Bonchev–Trinajstić information content (AvgIpc) is 2.93. The van der Waals surface area contributed by atoms with Crippen LogP contribution in [0, 0.1) is 0 Å². The Morgan fingerprint density at radius 3 is 2.63 bits per heavy atom. The maximum Gasteiger partial charge on any atom is 0.137 e. The van der Waals surface area contributed by atoms with E-state index in [0.29, 0.717) is 18.6 Å². The number of rotatable bonds is 7. The first-order chi connectivity index (χ1) is 9.28. The van der Waals surface area contributed by atoms with Gasteiger partial charge in [-0.05, 0) is 48.2 Å². The smallest absolute Gasteiger partial charge is 0.137 e. The zero-order valence-corrected chi connectivity index (χ0v) is 12.7. The summed E-state index contributed by atoms with van der Waals surface area (Å²) in [6, 6.07) is 12.5. The van der Waals surface area contributed by atoms with Gasteiger partial charge in [0.05, 0.1) is 0 Å². The maximum atomic E-state index is 11.9. The van der Waals surface area contributed by atoms with Crippen molar-refractivity contribution >= 4 is 28.9 Å². The van der Waals surface area contributed by atoms with Gasteiger partial charge in [-0.2, -0.15) is 0 Å². The molecule has 100 valence electrons. The van der Waals surface area contributed by atoms with Gasteiger partial charge in [-0.15, -0.1) is 23.1 Å². The lowest BCUT2D eigenvalue weighted by molar-refractivity contribution is -0.118. The summed E-state index contributed by atoms with van der Waals surface area (Å²) in [4.78, 5) is 14.5. The van der Waals surface area contributed by atoms with Crippen molar-refractivity contribution in [3.8, 4) is 0 Å². The summed E-state index contributed by atoms with van der Waals surface area (Å²) in [6.07, 6.45) is 5.29. The van der Waals surface area contributed by atoms with Crippen molar-refractivity contribution < 1.29 is 4.79 Å². The van der Waals surface area contributed by atoms with Crippen molar-refractivity contribution in [2.24, 2.45) is 0 Å². The highest BCUT2D eigenvalue weighted by atomic mass is 32.2. The second-order valence-electron chi connectivity index (χ2n) is 4.50. The van der Waals surface area contributed by atoms with Crippen molar-refractivity contribution in [1.29, 1.82) is 0 Å². The minimum absolute atomic E-state index is 0.341. The number of hydrogen-bond donors (Lipinski definition) is 0. The third-order valence-electron chi connectivity index (χ3n) is 3.02. The van der Waals surface area contributed by atoms with Crippen molar-refractivity contribution in [2.75, 3.05) is 6.26 Å². The lowest BCUT2D eigenvalue weighted by Gasteiger charge is -2.02. The first-order valence-electron chi connectivity index (χ1n) is 6.45. The molecule has 0 aliphatic rings. The molecule has 0 aliphatic heterocycles. The number of carbonyl (C=O) groups excluding carboxylic acids is 1. The molecule has 3 heteroatoms. The molecule has 19 heavy (non-hydrogen) atoms. The number of thiophene rings is 1. The van der Waals surface area contributed by atoms with Gasteiger partial charge in [-0.25, -0.2) is 0 Å². The van der Waals surface area contributed by atoms with E-state index >= 15 is 0 Å². The fourth-order valence-electron chi connectivity index (χ4n) is 1.97. The van der Waals surface area contributed by atoms with Gasteiger partial charge in [0, 0.05) is 22.6 Å². The van der Waals surface area contributed by atoms with Gasteiger partial charge in [0.2, 0.25) is 0 Å². The number of carbonyl (C=O) groups is 1. The van der Waals surface area contributed by atoms with Crippen molar-refractivity contribution in [1.82, 2.24) is 0 Å². The molecule has 0 N–H and O–H groups in total.